The zero-order valence-corrected chi connectivity index (χ0v) is 15.1. The first-order chi connectivity index (χ1) is 12.4. The van der Waals surface area contributed by atoms with Crippen molar-refractivity contribution in [2.75, 3.05) is 18.4 Å². The molecule has 26 heavy (non-hydrogen) atoms. The predicted molar refractivity (Wildman–Crippen MR) is 96.9 cm³/mol. The van der Waals surface area contributed by atoms with Crippen molar-refractivity contribution in [3.63, 3.8) is 0 Å². The Balaban J connectivity index is 1.66. The third-order valence-electron chi connectivity index (χ3n) is 4.76. The zero-order chi connectivity index (χ0) is 18.7. The fourth-order valence-electron chi connectivity index (χ4n) is 3.29. The van der Waals surface area contributed by atoms with Crippen LogP contribution in [0.3, 0.4) is 0 Å². The van der Waals surface area contributed by atoms with E-state index in [0.717, 1.165) is 25.5 Å². The zero-order valence-electron chi connectivity index (χ0n) is 14.4. The molecule has 1 fully saturated rings. The van der Waals surface area contributed by atoms with Gasteiger partial charge in [0.1, 0.15) is 17.5 Å². The first-order valence-corrected chi connectivity index (χ1v) is 8.93. The highest BCUT2D eigenvalue weighted by atomic mass is 35.5. The van der Waals surface area contributed by atoms with Crippen LogP contribution in [0.2, 0.25) is 5.02 Å². The van der Waals surface area contributed by atoms with Crippen molar-refractivity contribution in [3.05, 3.63) is 58.7 Å². The van der Waals surface area contributed by atoms with Crippen LogP contribution < -0.4 is 5.32 Å². The van der Waals surface area contributed by atoms with E-state index in [0.29, 0.717) is 22.9 Å². The number of amides is 1. The number of carbonyl (C=O) groups is 1. The molecular weight excluding hydrogens is 360 g/mol. The molecule has 0 saturated carbocycles. The summed E-state index contributed by atoms with van der Waals surface area (Å²) in [5.74, 6) is -1.03. The van der Waals surface area contributed by atoms with Crippen LogP contribution in [0.1, 0.15) is 31.4 Å². The minimum atomic E-state index is -0.593. The third-order valence-corrected chi connectivity index (χ3v) is 4.99. The summed E-state index contributed by atoms with van der Waals surface area (Å²) in [6.45, 7) is 3.15. The molecule has 0 spiro atoms. The lowest BCUT2D eigenvalue weighted by molar-refractivity contribution is -0.121. The summed E-state index contributed by atoms with van der Waals surface area (Å²) in [4.78, 5) is 18.7. The molecule has 1 amide bonds. The van der Waals surface area contributed by atoms with E-state index < -0.39 is 11.6 Å². The predicted octanol–water partition coefficient (Wildman–Crippen LogP) is 4.42. The molecule has 2 heterocycles. The second-order valence-corrected chi connectivity index (χ2v) is 6.96. The van der Waals surface area contributed by atoms with Gasteiger partial charge in [-0.3, -0.25) is 9.69 Å². The number of benzene rings is 1. The maximum absolute atomic E-state index is 14.1. The van der Waals surface area contributed by atoms with Crippen LogP contribution in [0.15, 0.2) is 36.5 Å². The highest BCUT2D eigenvalue weighted by Gasteiger charge is 2.30. The van der Waals surface area contributed by atoms with Crippen LogP contribution in [-0.2, 0) is 4.79 Å². The van der Waals surface area contributed by atoms with Crippen molar-refractivity contribution in [2.45, 2.75) is 25.8 Å². The molecule has 2 atom stereocenters. The van der Waals surface area contributed by atoms with Crippen molar-refractivity contribution in [3.8, 4) is 0 Å². The van der Waals surface area contributed by atoms with Crippen molar-refractivity contribution < 1.29 is 13.6 Å². The fraction of sp³-hybridized carbons (Fsp3) is 0.368. The van der Waals surface area contributed by atoms with E-state index in [1.165, 1.54) is 18.3 Å². The normalized spacial score (nSPS) is 19.2. The summed E-state index contributed by atoms with van der Waals surface area (Å²) >= 11 is 5.80. The maximum Gasteiger partial charge on any atom is 0.229 e. The van der Waals surface area contributed by atoms with Crippen molar-refractivity contribution in [1.29, 1.82) is 0 Å². The number of carbonyl (C=O) groups excluding carboxylic acids is 1. The highest BCUT2D eigenvalue weighted by molar-refractivity contribution is 6.30. The van der Waals surface area contributed by atoms with Gasteiger partial charge in [0.2, 0.25) is 5.91 Å². The van der Waals surface area contributed by atoms with Gasteiger partial charge in [-0.25, -0.2) is 13.8 Å². The average molecular weight is 380 g/mol. The summed E-state index contributed by atoms with van der Waals surface area (Å²) in [6, 6.07) is 6.70. The lowest BCUT2D eigenvalue weighted by Crippen LogP contribution is -2.42. The number of aromatic nitrogens is 1. The Morgan fingerprint density at radius 2 is 2.15 bits per heavy atom. The molecule has 0 radical (unpaired) electrons. The molecule has 1 aromatic carbocycles. The number of rotatable bonds is 4. The minimum absolute atomic E-state index is 0.115. The van der Waals surface area contributed by atoms with E-state index >= 15 is 0 Å². The topological polar surface area (TPSA) is 45.2 Å². The van der Waals surface area contributed by atoms with Gasteiger partial charge in [0, 0.05) is 30.4 Å². The van der Waals surface area contributed by atoms with Gasteiger partial charge in [-0.1, -0.05) is 17.7 Å². The van der Waals surface area contributed by atoms with E-state index in [-0.39, 0.29) is 17.9 Å². The van der Waals surface area contributed by atoms with Crippen LogP contribution in [-0.4, -0.2) is 28.9 Å². The number of piperidine rings is 1. The summed E-state index contributed by atoms with van der Waals surface area (Å²) in [7, 11) is 0. The van der Waals surface area contributed by atoms with Gasteiger partial charge in [0.15, 0.2) is 0 Å². The van der Waals surface area contributed by atoms with E-state index in [2.05, 4.69) is 15.2 Å². The molecule has 138 valence electrons. The third kappa shape index (κ3) is 4.37. The molecule has 1 N–H and O–H groups in total. The van der Waals surface area contributed by atoms with Crippen LogP contribution in [0.4, 0.5) is 14.6 Å². The summed E-state index contributed by atoms with van der Waals surface area (Å²) in [5.41, 5.74) is 0.437. The number of halogens is 3. The Hall–Kier alpha value is -2.05. The SMILES string of the molecule is CC(c1ccc(F)cc1F)N1CCCC(C(=O)Nc2ccc(Cl)cn2)C1. The number of likely N-dealkylation sites (tertiary alicyclic amines) is 1. The second-order valence-electron chi connectivity index (χ2n) is 6.53. The molecule has 0 bridgehead atoms. The van der Waals surface area contributed by atoms with Crippen molar-refractivity contribution >= 4 is 23.3 Å². The number of hydrogen-bond acceptors (Lipinski definition) is 3. The molecule has 7 heteroatoms. The number of nitrogens with zero attached hydrogens (tertiary/aromatic N) is 2. The Morgan fingerprint density at radius 1 is 1.35 bits per heavy atom. The molecule has 1 saturated heterocycles. The smallest absolute Gasteiger partial charge is 0.229 e. The van der Waals surface area contributed by atoms with E-state index in [1.807, 2.05) is 6.92 Å². The van der Waals surface area contributed by atoms with Gasteiger partial charge in [-0.2, -0.15) is 0 Å². The summed E-state index contributed by atoms with van der Waals surface area (Å²) < 4.78 is 27.2. The number of hydrogen-bond donors (Lipinski definition) is 1. The molecule has 1 aromatic heterocycles. The molecule has 2 unspecified atom stereocenters. The lowest BCUT2D eigenvalue weighted by Gasteiger charge is -2.36. The summed E-state index contributed by atoms with van der Waals surface area (Å²) in [6.07, 6.45) is 3.07. The van der Waals surface area contributed by atoms with Crippen molar-refractivity contribution in [2.24, 2.45) is 5.92 Å². The number of anilines is 1. The van der Waals surface area contributed by atoms with E-state index in [4.69, 9.17) is 11.6 Å². The minimum Gasteiger partial charge on any atom is -0.310 e. The average Bonchev–Trinajstić information content (AvgIpc) is 2.63. The molecule has 3 rings (SSSR count). The van der Waals surface area contributed by atoms with Gasteiger partial charge in [-0.15, -0.1) is 0 Å². The van der Waals surface area contributed by atoms with Crippen LogP contribution in [0.5, 0.6) is 0 Å². The quantitative estimate of drug-likeness (QED) is 0.855. The van der Waals surface area contributed by atoms with Crippen molar-refractivity contribution in [1.82, 2.24) is 9.88 Å². The second kappa shape index (κ2) is 8.10. The molecule has 4 nitrogen and oxygen atoms in total. The number of nitrogens with one attached hydrogen (secondary N) is 1. The first kappa shape index (κ1) is 18.7. The Kier molecular flexibility index (Phi) is 5.84. The molecular formula is C19H20ClF2N3O. The first-order valence-electron chi connectivity index (χ1n) is 8.55. The Morgan fingerprint density at radius 3 is 2.85 bits per heavy atom. The molecule has 0 aliphatic carbocycles. The monoisotopic (exact) mass is 379 g/mol. The Bertz CT molecular complexity index is 785. The summed E-state index contributed by atoms with van der Waals surface area (Å²) in [5, 5.41) is 3.30. The van der Waals surface area contributed by atoms with E-state index in [1.54, 1.807) is 12.1 Å². The molecule has 1 aliphatic heterocycles. The van der Waals surface area contributed by atoms with Gasteiger partial charge in [-0.05, 0) is 44.5 Å². The van der Waals surface area contributed by atoms with E-state index in [9.17, 15) is 13.6 Å². The maximum atomic E-state index is 14.1. The van der Waals surface area contributed by atoms with Gasteiger partial charge >= 0.3 is 0 Å². The van der Waals surface area contributed by atoms with Crippen LogP contribution in [0.25, 0.3) is 0 Å². The lowest BCUT2D eigenvalue weighted by atomic mass is 9.94. The van der Waals surface area contributed by atoms with Gasteiger partial charge in [0.05, 0.1) is 10.9 Å². The number of pyridine rings is 1. The van der Waals surface area contributed by atoms with Gasteiger partial charge in [0.25, 0.3) is 0 Å². The largest absolute Gasteiger partial charge is 0.310 e. The van der Waals surface area contributed by atoms with Crippen LogP contribution in [0, 0.1) is 17.6 Å². The Labute approximate surface area is 156 Å². The highest BCUT2D eigenvalue weighted by Crippen LogP contribution is 2.29. The fourth-order valence-corrected chi connectivity index (χ4v) is 3.40. The standard InChI is InChI=1S/C19H20ClF2N3O/c1-12(16-6-5-15(21)9-17(16)22)25-8-2-3-13(11-25)19(26)24-18-7-4-14(20)10-23-18/h4-7,9-10,12-13H,2-3,8,11H2,1H3,(H,23,24,26). The van der Waals surface area contributed by atoms with Crippen LogP contribution >= 0.6 is 11.6 Å². The molecule has 2 aromatic rings. The van der Waals surface area contributed by atoms with Gasteiger partial charge < -0.3 is 5.32 Å². The molecule has 1 aliphatic rings.